The van der Waals surface area contributed by atoms with Gasteiger partial charge in [0.25, 0.3) is 0 Å². The Kier molecular flexibility index (Phi) is 4.13. The molecule has 1 saturated heterocycles. The SMILES string of the molecule is Cc1cc(C)cc(N(C)S(=O)(=O)N2CCNCC2)c1. The van der Waals surface area contributed by atoms with Crippen LogP contribution >= 0.6 is 0 Å². The van der Waals surface area contributed by atoms with Crippen molar-refractivity contribution >= 4 is 15.9 Å². The molecule has 1 N–H and O–H groups in total. The first-order valence-corrected chi connectivity index (χ1v) is 7.84. The minimum absolute atomic E-state index is 0.525. The summed E-state index contributed by atoms with van der Waals surface area (Å²) < 4.78 is 28.0. The van der Waals surface area contributed by atoms with E-state index in [-0.39, 0.29) is 0 Å². The summed E-state index contributed by atoms with van der Waals surface area (Å²) in [6, 6.07) is 5.83. The minimum Gasteiger partial charge on any atom is -0.314 e. The van der Waals surface area contributed by atoms with Crippen molar-refractivity contribution in [3.8, 4) is 0 Å². The number of hydrogen-bond acceptors (Lipinski definition) is 3. The number of rotatable bonds is 3. The van der Waals surface area contributed by atoms with Crippen molar-refractivity contribution in [3.05, 3.63) is 29.3 Å². The highest BCUT2D eigenvalue weighted by atomic mass is 32.2. The van der Waals surface area contributed by atoms with Gasteiger partial charge in [-0.3, -0.25) is 4.31 Å². The van der Waals surface area contributed by atoms with Gasteiger partial charge in [0.2, 0.25) is 0 Å². The van der Waals surface area contributed by atoms with E-state index in [9.17, 15) is 8.42 Å². The number of nitrogens with one attached hydrogen (secondary N) is 1. The van der Waals surface area contributed by atoms with Gasteiger partial charge >= 0.3 is 10.2 Å². The molecule has 0 spiro atoms. The van der Waals surface area contributed by atoms with Crippen LogP contribution in [0.15, 0.2) is 18.2 Å². The molecule has 5 nitrogen and oxygen atoms in total. The fourth-order valence-electron chi connectivity index (χ4n) is 2.31. The van der Waals surface area contributed by atoms with E-state index in [0.717, 1.165) is 16.8 Å². The van der Waals surface area contributed by atoms with Crippen LogP contribution in [-0.4, -0.2) is 45.9 Å². The summed E-state index contributed by atoms with van der Waals surface area (Å²) in [6.45, 7) is 6.41. The lowest BCUT2D eigenvalue weighted by Crippen LogP contribution is -2.51. The molecule has 1 aliphatic rings. The quantitative estimate of drug-likeness (QED) is 0.896. The maximum Gasteiger partial charge on any atom is 0.303 e. The van der Waals surface area contributed by atoms with Crippen molar-refractivity contribution < 1.29 is 8.42 Å². The lowest BCUT2D eigenvalue weighted by atomic mass is 10.1. The van der Waals surface area contributed by atoms with Gasteiger partial charge < -0.3 is 5.32 Å². The molecule has 6 heteroatoms. The van der Waals surface area contributed by atoms with Gasteiger partial charge in [0.1, 0.15) is 0 Å². The predicted molar refractivity (Wildman–Crippen MR) is 77.7 cm³/mol. The molecule has 1 aromatic rings. The summed E-state index contributed by atoms with van der Waals surface area (Å²) in [6.07, 6.45) is 0. The summed E-state index contributed by atoms with van der Waals surface area (Å²) in [5, 5.41) is 3.16. The maximum absolute atomic E-state index is 12.5. The molecule has 0 amide bonds. The molecule has 1 fully saturated rings. The monoisotopic (exact) mass is 283 g/mol. The third kappa shape index (κ3) is 3.08. The van der Waals surface area contributed by atoms with Crippen LogP contribution in [0.25, 0.3) is 0 Å². The third-order valence-electron chi connectivity index (χ3n) is 3.32. The number of aryl methyl sites for hydroxylation is 2. The highest BCUT2D eigenvalue weighted by molar-refractivity contribution is 7.90. The number of benzene rings is 1. The van der Waals surface area contributed by atoms with E-state index in [1.165, 1.54) is 8.61 Å². The molecule has 0 aliphatic carbocycles. The first-order valence-electron chi connectivity index (χ1n) is 6.44. The largest absolute Gasteiger partial charge is 0.314 e. The molecular weight excluding hydrogens is 262 g/mol. The zero-order valence-electron chi connectivity index (χ0n) is 11.7. The van der Waals surface area contributed by atoms with Crippen LogP contribution < -0.4 is 9.62 Å². The molecule has 0 saturated carbocycles. The van der Waals surface area contributed by atoms with Crippen LogP contribution in [0.1, 0.15) is 11.1 Å². The second kappa shape index (κ2) is 5.48. The topological polar surface area (TPSA) is 52.7 Å². The molecule has 1 aromatic carbocycles. The minimum atomic E-state index is -3.42. The lowest BCUT2D eigenvalue weighted by Gasteiger charge is -2.31. The Labute approximate surface area is 115 Å². The Balaban J connectivity index is 2.28. The van der Waals surface area contributed by atoms with Crippen molar-refractivity contribution in [3.63, 3.8) is 0 Å². The van der Waals surface area contributed by atoms with Crippen molar-refractivity contribution in [1.29, 1.82) is 0 Å². The molecule has 0 unspecified atom stereocenters. The highest BCUT2D eigenvalue weighted by Gasteiger charge is 2.28. The van der Waals surface area contributed by atoms with E-state index in [1.807, 2.05) is 32.0 Å². The normalized spacial score (nSPS) is 17.4. The van der Waals surface area contributed by atoms with E-state index >= 15 is 0 Å². The lowest BCUT2D eigenvalue weighted by molar-refractivity contribution is 0.359. The molecular formula is C13H21N3O2S. The van der Waals surface area contributed by atoms with E-state index in [1.54, 1.807) is 7.05 Å². The van der Waals surface area contributed by atoms with E-state index in [0.29, 0.717) is 26.2 Å². The number of hydrogen-bond donors (Lipinski definition) is 1. The van der Waals surface area contributed by atoms with Gasteiger partial charge in [0, 0.05) is 33.2 Å². The Hall–Kier alpha value is -1.11. The zero-order chi connectivity index (χ0) is 14.0. The highest BCUT2D eigenvalue weighted by Crippen LogP contribution is 2.22. The summed E-state index contributed by atoms with van der Waals surface area (Å²) in [5.41, 5.74) is 2.85. The summed E-state index contributed by atoms with van der Waals surface area (Å²) >= 11 is 0. The van der Waals surface area contributed by atoms with Crippen molar-refractivity contribution in [1.82, 2.24) is 9.62 Å². The van der Waals surface area contributed by atoms with E-state index in [2.05, 4.69) is 5.32 Å². The summed E-state index contributed by atoms with van der Waals surface area (Å²) in [5.74, 6) is 0. The Morgan fingerprint density at radius 1 is 1.11 bits per heavy atom. The molecule has 2 rings (SSSR count). The fraction of sp³-hybridized carbons (Fsp3) is 0.538. The molecule has 19 heavy (non-hydrogen) atoms. The molecule has 106 valence electrons. The Bertz CT molecular complexity index is 531. The van der Waals surface area contributed by atoms with Crippen molar-refractivity contribution in [2.24, 2.45) is 0 Å². The van der Waals surface area contributed by atoms with Crippen molar-refractivity contribution in [2.75, 3.05) is 37.5 Å². The van der Waals surface area contributed by atoms with E-state index in [4.69, 9.17) is 0 Å². The number of piperazine rings is 1. The van der Waals surface area contributed by atoms with Gasteiger partial charge in [-0.05, 0) is 37.1 Å². The molecule has 0 radical (unpaired) electrons. The van der Waals surface area contributed by atoms with E-state index < -0.39 is 10.2 Å². The van der Waals surface area contributed by atoms with Gasteiger partial charge in [0.05, 0.1) is 5.69 Å². The van der Waals surface area contributed by atoms with Gasteiger partial charge in [-0.1, -0.05) is 6.07 Å². The Morgan fingerprint density at radius 3 is 2.16 bits per heavy atom. The Morgan fingerprint density at radius 2 is 1.63 bits per heavy atom. The molecule has 1 heterocycles. The first kappa shape index (κ1) is 14.3. The first-order chi connectivity index (χ1) is 8.91. The van der Waals surface area contributed by atoms with Gasteiger partial charge in [-0.25, -0.2) is 0 Å². The molecule has 0 aromatic heterocycles. The smallest absolute Gasteiger partial charge is 0.303 e. The molecule has 1 aliphatic heterocycles. The van der Waals surface area contributed by atoms with Crippen LogP contribution in [0.3, 0.4) is 0 Å². The third-order valence-corrected chi connectivity index (χ3v) is 5.24. The van der Waals surface area contributed by atoms with Crippen LogP contribution in [0.2, 0.25) is 0 Å². The van der Waals surface area contributed by atoms with Crippen LogP contribution in [0.5, 0.6) is 0 Å². The molecule has 0 bridgehead atoms. The average Bonchev–Trinajstić information content (AvgIpc) is 2.37. The predicted octanol–water partition coefficient (Wildman–Crippen LogP) is 0.890. The van der Waals surface area contributed by atoms with Crippen LogP contribution in [0.4, 0.5) is 5.69 Å². The average molecular weight is 283 g/mol. The fourth-order valence-corrected chi connectivity index (χ4v) is 3.68. The maximum atomic E-state index is 12.5. The number of nitrogens with zero attached hydrogens (tertiary/aromatic N) is 2. The second-order valence-electron chi connectivity index (χ2n) is 4.97. The summed E-state index contributed by atoms with van der Waals surface area (Å²) in [7, 11) is -1.81. The van der Waals surface area contributed by atoms with Crippen LogP contribution in [-0.2, 0) is 10.2 Å². The summed E-state index contributed by atoms with van der Waals surface area (Å²) in [4.78, 5) is 0. The van der Waals surface area contributed by atoms with Gasteiger partial charge in [-0.15, -0.1) is 0 Å². The standard InChI is InChI=1S/C13H21N3O2S/c1-11-8-12(2)10-13(9-11)15(3)19(17,18)16-6-4-14-5-7-16/h8-10,14H,4-7H2,1-3H3. The zero-order valence-corrected chi connectivity index (χ0v) is 12.5. The van der Waals surface area contributed by atoms with Crippen LogP contribution in [0, 0.1) is 13.8 Å². The van der Waals surface area contributed by atoms with Crippen molar-refractivity contribution in [2.45, 2.75) is 13.8 Å². The molecule has 0 atom stereocenters. The van der Waals surface area contributed by atoms with Gasteiger partial charge in [0.15, 0.2) is 0 Å². The van der Waals surface area contributed by atoms with Gasteiger partial charge in [-0.2, -0.15) is 12.7 Å². The number of anilines is 1. The second-order valence-corrected chi connectivity index (χ2v) is 6.93.